The van der Waals surface area contributed by atoms with E-state index in [0.29, 0.717) is 42.2 Å². The largest absolute Gasteiger partial charge is 0.497 e. The molecule has 2 aromatic heterocycles. The predicted molar refractivity (Wildman–Crippen MR) is 125 cm³/mol. The summed E-state index contributed by atoms with van der Waals surface area (Å²) in [6.07, 6.45) is 3.99. The van der Waals surface area contributed by atoms with E-state index in [4.69, 9.17) is 16.2 Å². The fourth-order valence-corrected chi connectivity index (χ4v) is 4.23. The zero-order valence-corrected chi connectivity index (χ0v) is 18.5. The van der Waals surface area contributed by atoms with Crippen molar-refractivity contribution in [1.82, 2.24) is 19.3 Å². The second-order valence-corrected chi connectivity index (χ2v) is 7.79. The van der Waals surface area contributed by atoms with Crippen molar-refractivity contribution in [3.8, 4) is 17.1 Å². The molecular formula is C24H23N7O3. The summed E-state index contributed by atoms with van der Waals surface area (Å²) < 4.78 is 8.60. The van der Waals surface area contributed by atoms with Crippen molar-refractivity contribution in [2.24, 2.45) is 11.5 Å². The van der Waals surface area contributed by atoms with E-state index >= 15 is 0 Å². The molecule has 3 heterocycles. The summed E-state index contributed by atoms with van der Waals surface area (Å²) in [5, 5.41) is 4.39. The normalized spacial score (nSPS) is 13.1. The first-order valence-electron chi connectivity index (χ1n) is 10.7. The van der Waals surface area contributed by atoms with Crippen LogP contribution in [-0.4, -0.2) is 44.8 Å². The van der Waals surface area contributed by atoms with Crippen LogP contribution < -0.4 is 21.1 Å². The van der Waals surface area contributed by atoms with Crippen molar-refractivity contribution >= 4 is 17.5 Å². The first-order chi connectivity index (χ1) is 16.5. The topological polar surface area (TPSA) is 134 Å². The summed E-state index contributed by atoms with van der Waals surface area (Å²) >= 11 is 0. The lowest BCUT2D eigenvalue weighted by Gasteiger charge is -2.28. The Morgan fingerprint density at radius 2 is 1.74 bits per heavy atom. The van der Waals surface area contributed by atoms with Crippen LogP contribution in [-0.2, 0) is 13.0 Å². The van der Waals surface area contributed by atoms with Crippen molar-refractivity contribution < 1.29 is 14.3 Å². The third-order valence-corrected chi connectivity index (χ3v) is 5.91. The van der Waals surface area contributed by atoms with Gasteiger partial charge in [-0.15, -0.1) is 0 Å². The van der Waals surface area contributed by atoms with Crippen LogP contribution in [0.4, 0.5) is 5.69 Å². The average molecular weight is 457 g/mol. The molecule has 172 valence electrons. The molecule has 34 heavy (non-hydrogen) atoms. The van der Waals surface area contributed by atoms with Gasteiger partial charge < -0.3 is 25.7 Å². The minimum absolute atomic E-state index is 0.114. The second kappa shape index (κ2) is 8.49. The Morgan fingerprint density at radius 3 is 2.38 bits per heavy atom. The lowest BCUT2D eigenvalue weighted by atomic mass is 10.0. The van der Waals surface area contributed by atoms with Crippen LogP contribution in [0.2, 0.25) is 0 Å². The van der Waals surface area contributed by atoms with Gasteiger partial charge in [0, 0.05) is 35.9 Å². The first kappa shape index (κ1) is 21.4. The maximum atomic E-state index is 13.6. The molecule has 0 atom stereocenters. The van der Waals surface area contributed by atoms with Gasteiger partial charge in [-0.05, 0) is 55.0 Å². The number of nitrogens with two attached hydrogens (primary N) is 2. The van der Waals surface area contributed by atoms with Crippen molar-refractivity contribution in [1.29, 1.82) is 0 Å². The standard InChI is InChI=1S/C24H23N7O3/c1-34-18-8-6-17(7-9-18)31-22-19(21(28-31)23(26)32)10-12-30(24(22)33)16-4-2-15(3-5-16)29-13-11-27-20(29)14-25/h2-9,11,13H,10,12,14,25H2,1H3,(H2,26,32). The van der Waals surface area contributed by atoms with Crippen molar-refractivity contribution in [2.75, 3.05) is 18.6 Å². The number of imidazole rings is 1. The van der Waals surface area contributed by atoms with Crippen molar-refractivity contribution in [3.63, 3.8) is 0 Å². The van der Waals surface area contributed by atoms with E-state index < -0.39 is 5.91 Å². The maximum absolute atomic E-state index is 13.6. The number of benzene rings is 2. The number of aromatic nitrogens is 4. The van der Waals surface area contributed by atoms with E-state index in [9.17, 15) is 9.59 Å². The number of amides is 2. The molecule has 0 radical (unpaired) electrons. The number of ether oxygens (including phenoxy) is 1. The Kier molecular flexibility index (Phi) is 5.34. The molecule has 1 aliphatic heterocycles. The summed E-state index contributed by atoms with van der Waals surface area (Å²) in [5.41, 5.74) is 14.6. The van der Waals surface area contributed by atoms with E-state index in [2.05, 4.69) is 10.1 Å². The van der Waals surface area contributed by atoms with Gasteiger partial charge >= 0.3 is 0 Å². The van der Waals surface area contributed by atoms with Crippen LogP contribution >= 0.6 is 0 Å². The van der Waals surface area contributed by atoms with E-state index in [-0.39, 0.29) is 11.6 Å². The molecule has 0 bridgehead atoms. The Hall–Kier alpha value is -4.44. The lowest BCUT2D eigenvalue weighted by Crippen LogP contribution is -2.39. The first-order valence-corrected chi connectivity index (χ1v) is 10.7. The number of carbonyl (C=O) groups is 2. The van der Waals surface area contributed by atoms with E-state index in [0.717, 1.165) is 17.2 Å². The molecule has 0 unspecified atom stereocenters. The summed E-state index contributed by atoms with van der Waals surface area (Å²) in [4.78, 5) is 31.6. The van der Waals surface area contributed by atoms with Gasteiger partial charge in [-0.3, -0.25) is 9.59 Å². The third-order valence-electron chi connectivity index (χ3n) is 5.91. The van der Waals surface area contributed by atoms with E-state index in [1.165, 1.54) is 4.68 Å². The zero-order valence-electron chi connectivity index (χ0n) is 18.5. The van der Waals surface area contributed by atoms with Crippen molar-refractivity contribution in [3.05, 3.63) is 83.7 Å². The van der Waals surface area contributed by atoms with Gasteiger partial charge in [0.2, 0.25) is 0 Å². The number of fused-ring (bicyclic) bond motifs is 1. The molecule has 0 aliphatic carbocycles. The van der Waals surface area contributed by atoms with Gasteiger partial charge in [-0.25, -0.2) is 9.67 Å². The molecule has 4 aromatic rings. The van der Waals surface area contributed by atoms with Gasteiger partial charge in [0.15, 0.2) is 5.69 Å². The number of anilines is 1. The number of methoxy groups -OCH3 is 1. The highest BCUT2D eigenvalue weighted by Gasteiger charge is 2.34. The van der Waals surface area contributed by atoms with E-state index in [1.807, 2.05) is 35.0 Å². The Balaban J connectivity index is 1.52. The minimum Gasteiger partial charge on any atom is -0.497 e. The number of hydrogen-bond donors (Lipinski definition) is 2. The van der Waals surface area contributed by atoms with Crippen LogP contribution in [0.1, 0.15) is 32.4 Å². The highest BCUT2D eigenvalue weighted by atomic mass is 16.5. The molecule has 1 aliphatic rings. The SMILES string of the molecule is COc1ccc(-n2nc(C(N)=O)c3c2C(=O)N(c2ccc(-n4ccnc4CN)cc2)CC3)cc1. The molecule has 0 spiro atoms. The Labute approximate surface area is 195 Å². The van der Waals surface area contributed by atoms with Crippen LogP contribution in [0.5, 0.6) is 5.75 Å². The minimum atomic E-state index is -0.662. The molecule has 0 fully saturated rings. The number of nitrogens with zero attached hydrogens (tertiary/aromatic N) is 5. The molecule has 0 saturated carbocycles. The number of rotatable bonds is 6. The molecule has 4 N–H and O–H groups in total. The summed E-state index contributed by atoms with van der Waals surface area (Å²) in [7, 11) is 1.58. The van der Waals surface area contributed by atoms with Gasteiger partial charge in [-0.2, -0.15) is 5.10 Å². The van der Waals surface area contributed by atoms with Crippen LogP contribution in [0.25, 0.3) is 11.4 Å². The molecule has 5 rings (SSSR count). The van der Waals surface area contributed by atoms with Gasteiger partial charge in [0.1, 0.15) is 17.3 Å². The number of hydrogen-bond acceptors (Lipinski definition) is 6. The molecule has 0 saturated heterocycles. The molecule has 10 heteroatoms. The lowest BCUT2D eigenvalue weighted by molar-refractivity contribution is 0.0972. The Morgan fingerprint density at radius 1 is 1.06 bits per heavy atom. The second-order valence-electron chi connectivity index (χ2n) is 7.79. The number of carbonyl (C=O) groups excluding carboxylic acids is 2. The highest BCUT2D eigenvalue weighted by molar-refractivity contribution is 6.09. The number of primary amides is 1. The van der Waals surface area contributed by atoms with E-state index in [1.54, 1.807) is 42.5 Å². The fourth-order valence-electron chi connectivity index (χ4n) is 4.23. The average Bonchev–Trinajstić information content (AvgIpc) is 3.50. The fraction of sp³-hybridized carbons (Fsp3) is 0.167. The van der Waals surface area contributed by atoms with Gasteiger partial charge in [0.25, 0.3) is 11.8 Å². The van der Waals surface area contributed by atoms with Gasteiger partial charge in [0.05, 0.1) is 19.3 Å². The van der Waals surface area contributed by atoms with Crippen LogP contribution in [0.3, 0.4) is 0 Å². The monoisotopic (exact) mass is 457 g/mol. The Bertz CT molecular complexity index is 1370. The summed E-state index contributed by atoms with van der Waals surface area (Å²) in [6.45, 7) is 0.721. The summed E-state index contributed by atoms with van der Waals surface area (Å²) in [5.74, 6) is 0.498. The van der Waals surface area contributed by atoms with Crippen LogP contribution in [0, 0.1) is 0 Å². The zero-order chi connectivity index (χ0) is 23.8. The maximum Gasteiger partial charge on any atom is 0.277 e. The highest BCUT2D eigenvalue weighted by Crippen LogP contribution is 2.30. The van der Waals surface area contributed by atoms with Gasteiger partial charge in [-0.1, -0.05) is 0 Å². The third kappa shape index (κ3) is 3.50. The molecule has 2 amide bonds. The quantitative estimate of drug-likeness (QED) is 0.454. The smallest absolute Gasteiger partial charge is 0.277 e. The predicted octanol–water partition coefficient (Wildman–Crippen LogP) is 1.83. The summed E-state index contributed by atoms with van der Waals surface area (Å²) in [6, 6.07) is 14.7. The molecule has 2 aromatic carbocycles. The molecular weight excluding hydrogens is 434 g/mol. The van der Waals surface area contributed by atoms with Crippen LogP contribution in [0.15, 0.2) is 60.9 Å². The van der Waals surface area contributed by atoms with Crippen molar-refractivity contribution in [2.45, 2.75) is 13.0 Å². The molecule has 10 nitrogen and oxygen atoms in total.